The van der Waals surface area contributed by atoms with E-state index >= 15 is 0 Å². The minimum Gasteiger partial charge on any atom is -0.480 e. The molecule has 1 atom stereocenters. The zero-order valence-electron chi connectivity index (χ0n) is 16.0. The average molecular weight is 411 g/mol. The maximum atomic E-state index is 12.3. The van der Waals surface area contributed by atoms with E-state index in [4.69, 9.17) is 15.6 Å². The number of hydrogen-bond acceptors (Lipinski definition) is 5. The van der Waals surface area contributed by atoms with E-state index in [0.29, 0.717) is 0 Å². The molecule has 0 bridgehead atoms. The van der Waals surface area contributed by atoms with Crippen LogP contribution in [-0.4, -0.2) is 48.2 Å². The van der Waals surface area contributed by atoms with Crippen molar-refractivity contribution in [2.45, 2.75) is 18.4 Å². The number of alkyl carbamates (subject to hydrolysis) is 1. The number of carboxylic acid groups (broad SMARTS) is 1. The summed E-state index contributed by atoms with van der Waals surface area (Å²) in [6.45, 7) is -0.625. The number of amides is 3. The van der Waals surface area contributed by atoms with Crippen molar-refractivity contribution in [1.82, 2.24) is 10.6 Å². The van der Waals surface area contributed by atoms with Crippen LogP contribution < -0.4 is 16.4 Å². The molecule has 3 amide bonds. The van der Waals surface area contributed by atoms with Gasteiger partial charge in [-0.05, 0) is 22.3 Å². The van der Waals surface area contributed by atoms with Crippen molar-refractivity contribution in [3.63, 3.8) is 0 Å². The molecule has 156 valence electrons. The number of fused-ring (bicyclic) bond motifs is 3. The molecule has 0 aromatic heterocycles. The first-order chi connectivity index (χ1) is 14.4. The SMILES string of the molecule is NC(=O)C[C@H](NC(=O)OCC1c2ccccc2-c2ccccc21)C(=O)NCC(=O)O. The third-order valence-corrected chi connectivity index (χ3v) is 4.77. The van der Waals surface area contributed by atoms with Gasteiger partial charge in [-0.3, -0.25) is 14.4 Å². The minimum absolute atomic E-state index is 0.0277. The van der Waals surface area contributed by atoms with E-state index in [1.165, 1.54) is 0 Å². The number of hydrogen-bond donors (Lipinski definition) is 4. The van der Waals surface area contributed by atoms with Crippen molar-refractivity contribution in [3.8, 4) is 11.1 Å². The van der Waals surface area contributed by atoms with Gasteiger partial charge >= 0.3 is 12.1 Å². The van der Waals surface area contributed by atoms with E-state index in [0.717, 1.165) is 22.3 Å². The number of nitrogens with one attached hydrogen (secondary N) is 2. The average Bonchev–Trinajstić information content (AvgIpc) is 3.03. The molecule has 0 spiro atoms. The van der Waals surface area contributed by atoms with Crippen LogP contribution in [0.15, 0.2) is 48.5 Å². The summed E-state index contributed by atoms with van der Waals surface area (Å²) in [5, 5.41) is 13.0. The second-order valence-electron chi connectivity index (χ2n) is 6.80. The molecule has 0 heterocycles. The van der Waals surface area contributed by atoms with E-state index in [2.05, 4.69) is 10.6 Å². The molecule has 0 fully saturated rings. The molecule has 1 aliphatic rings. The van der Waals surface area contributed by atoms with Gasteiger partial charge in [-0.1, -0.05) is 48.5 Å². The van der Waals surface area contributed by atoms with Crippen molar-refractivity contribution < 1.29 is 29.0 Å². The predicted octanol–water partition coefficient (Wildman–Crippen LogP) is 0.970. The predicted molar refractivity (Wildman–Crippen MR) is 106 cm³/mol. The van der Waals surface area contributed by atoms with Crippen molar-refractivity contribution in [2.24, 2.45) is 5.73 Å². The lowest BCUT2D eigenvalue weighted by Gasteiger charge is -2.18. The van der Waals surface area contributed by atoms with Gasteiger partial charge in [0.25, 0.3) is 0 Å². The summed E-state index contributed by atoms with van der Waals surface area (Å²) in [5.41, 5.74) is 9.31. The van der Waals surface area contributed by atoms with Gasteiger partial charge in [-0.2, -0.15) is 0 Å². The van der Waals surface area contributed by atoms with E-state index in [1.807, 2.05) is 48.5 Å². The summed E-state index contributed by atoms with van der Waals surface area (Å²) in [5.74, 6) is -3.10. The van der Waals surface area contributed by atoms with Crippen LogP contribution in [0.2, 0.25) is 0 Å². The Labute approximate surface area is 172 Å². The lowest BCUT2D eigenvalue weighted by atomic mass is 9.98. The molecule has 2 aromatic carbocycles. The number of nitrogens with two attached hydrogens (primary N) is 1. The van der Waals surface area contributed by atoms with E-state index in [-0.39, 0.29) is 12.5 Å². The van der Waals surface area contributed by atoms with Gasteiger partial charge in [-0.15, -0.1) is 0 Å². The number of primary amides is 1. The highest BCUT2D eigenvalue weighted by molar-refractivity contribution is 5.91. The minimum atomic E-state index is -1.34. The summed E-state index contributed by atoms with van der Waals surface area (Å²) >= 11 is 0. The highest BCUT2D eigenvalue weighted by atomic mass is 16.5. The Morgan fingerprint density at radius 2 is 1.57 bits per heavy atom. The molecule has 1 aliphatic carbocycles. The number of carbonyl (C=O) groups is 4. The van der Waals surface area contributed by atoms with Gasteiger partial charge in [0.05, 0.1) is 6.42 Å². The molecular weight excluding hydrogens is 390 g/mol. The van der Waals surface area contributed by atoms with Gasteiger partial charge in [0, 0.05) is 5.92 Å². The Morgan fingerprint density at radius 1 is 1.00 bits per heavy atom. The zero-order chi connectivity index (χ0) is 21.7. The van der Waals surface area contributed by atoms with Crippen molar-refractivity contribution >= 4 is 23.9 Å². The third kappa shape index (κ3) is 4.75. The van der Waals surface area contributed by atoms with Crippen LogP contribution in [0, 0.1) is 0 Å². The summed E-state index contributed by atoms with van der Waals surface area (Å²) in [4.78, 5) is 46.1. The van der Waals surface area contributed by atoms with Crippen LogP contribution in [0.1, 0.15) is 23.5 Å². The van der Waals surface area contributed by atoms with Crippen LogP contribution in [0.5, 0.6) is 0 Å². The molecule has 0 saturated carbocycles. The molecule has 0 unspecified atom stereocenters. The normalized spacial score (nSPS) is 12.9. The number of carboxylic acids is 1. The summed E-state index contributed by atoms with van der Waals surface area (Å²) < 4.78 is 5.33. The quantitative estimate of drug-likeness (QED) is 0.509. The summed E-state index contributed by atoms with van der Waals surface area (Å²) in [7, 11) is 0. The topological polar surface area (TPSA) is 148 Å². The van der Waals surface area contributed by atoms with Gasteiger partial charge < -0.3 is 26.2 Å². The first-order valence-corrected chi connectivity index (χ1v) is 9.26. The summed E-state index contributed by atoms with van der Waals surface area (Å²) in [6, 6.07) is 14.3. The third-order valence-electron chi connectivity index (χ3n) is 4.77. The Hall–Kier alpha value is -3.88. The molecule has 0 radical (unpaired) electrons. The first-order valence-electron chi connectivity index (χ1n) is 9.26. The van der Waals surface area contributed by atoms with E-state index in [9.17, 15) is 19.2 Å². The highest BCUT2D eigenvalue weighted by Gasteiger charge is 2.30. The zero-order valence-corrected chi connectivity index (χ0v) is 16.0. The molecule has 30 heavy (non-hydrogen) atoms. The molecule has 5 N–H and O–H groups in total. The summed E-state index contributed by atoms with van der Waals surface area (Å²) in [6.07, 6.45) is -1.40. The van der Waals surface area contributed by atoms with Crippen LogP contribution >= 0.6 is 0 Å². The number of aliphatic carboxylic acids is 1. The smallest absolute Gasteiger partial charge is 0.407 e. The Bertz CT molecular complexity index is 945. The number of ether oxygens (including phenoxy) is 1. The number of benzene rings is 2. The molecular formula is C21H21N3O6. The van der Waals surface area contributed by atoms with Crippen LogP contribution in [0.3, 0.4) is 0 Å². The van der Waals surface area contributed by atoms with Crippen LogP contribution in [0.4, 0.5) is 4.79 Å². The van der Waals surface area contributed by atoms with Crippen molar-refractivity contribution in [3.05, 3.63) is 59.7 Å². The van der Waals surface area contributed by atoms with Gasteiger partial charge in [0.1, 0.15) is 19.2 Å². The van der Waals surface area contributed by atoms with E-state index in [1.54, 1.807) is 0 Å². The molecule has 0 aliphatic heterocycles. The fourth-order valence-electron chi connectivity index (χ4n) is 3.48. The molecule has 2 aromatic rings. The second-order valence-corrected chi connectivity index (χ2v) is 6.80. The molecule has 9 nitrogen and oxygen atoms in total. The van der Waals surface area contributed by atoms with Crippen molar-refractivity contribution in [1.29, 1.82) is 0 Å². The van der Waals surface area contributed by atoms with Gasteiger partial charge in [0.15, 0.2) is 0 Å². The van der Waals surface area contributed by atoms with Crippen molar-refractivity contribution in [2.75, 3.05) is 13.2 Å². The maximum Gasteiger partial charge on any atom is 0.407 e. The Morgan fingerprint density at radius 3 is 2.10 bits per heavy atom. The number of carbonyl (C=O) groups excluding carboxylic acids is 3. The lowest BCUT2D eigenvalue weighted by molar-refractivity contribution is -0.138. The Balaban J connectivity index is 1.66. The Kier molecular flexibility index (Phi) is 6.31. The molecule has 3 rings (SSSR count). The van der Waals surface area contributed by atoms with Crippen LogP contribution in [0.25, 0.3) is 11.1 Å². The van der Waals surface area contributed by atoms with Gasteiger partial charge in [0.2, 0.25) is 11.8 Å². The van der Waals surface area contributed by atoms with Crippen LogP contribution in [-0.2, 0) is 19.1 Å². The molecule has 9 heteroatoms. The monoisotopic (exact) mass is 411 g/mol. The second kappa shape index (κ2) is 9.08. The maximum absolute atomic E-state index is 12.3. The largest absolute Gasteiger partial charge is 0.480 e. The lowest BCUT2D eigenvalue weighted by Crippen LogP contribution is -2.49. The fraction of sp³-hybridized carbons (Fsp3) is 0.238. The van der Waals surface area contributed by atoms with E-state index < -0.39 is 42.9 Å². The van der Waals surface area contributed by atoms with Gasteiger partial charge in [-0.25, -0.2) is 4.79 Å². The first kappa shape index (κ1) is 20.8. The number of rotatable bonds is 8. The standard InChI is InChI=1S/C21H21N3O6/c22-18(25)9-17(20(28)23-10-19(26)27)24-21(29)30-11-16-14-7-3-1-5-12(14)13-6-2-4-8-15(13)16/h1-8,16-17H,9-11H2,(H2,22,25)(H,23,28)(H,24,29)(H,26,27)/t17-/m0/s1. The highest BCUT2D eigenvalue weighted by Crippen LogP contribution is 2.44. The fourth-order valence-corrected chi connectivity index (χ4v) is 3.48. The molecule has 0 saturated heterocycles.